The molecule has 1 rings (SSSR count). The van der Waals surface area contributed by atoms with Crippen molar-refractivity contribution >= 4 is 5.91 Å². The van der Waals surface area contributed by atoms with Gasteiger partial charge in [0, 0.05) is 11.6 Å². The maximum Gasteiger partial charge on any atom is 0.267 e. The van der Waals surface area contributed by atoms with Crippen molar-refractivity contribution in [3.05, 3.63) is 42.0 Å². The van der Waals surface area contributed by atoms with E-state index >= 15 is 0 Å². The van der Waals surface area contributed by atoms with E-state index < -0.39 is 12.0 Å². The van der Waals surface area contributed by atoms with Crippen molar-refractivity contribution in [2.45, 2.75) is 25.9 Å². The van der Waals surface area contributed by atoms with Crippen molar-refractivity contribution in [1.29, 1.82) is 0 Å². The molecule has 0 fully saturated rings. The highest BCUT2D eigenvalue weighted by Gasteiger charge is 2.19. The Labute approximate surface area is 130 Å². The Kier molecular flexibility index (Phi) is 8.21. The predicted molar refractivity (Wildman–Crippen MR) is 81.4 cm³/mol. The van der Waals surface area contributed by atoms with Crippen molar-refractivity contribution in [1.82, 2.24) is 5.48 Å². The Balaban J connectivity index is 2.60. The number of aliphatic hydroxyl groups excluding tert-OH is 2. The highest BCUT2D eigenvalue weighted by atomic mass is 16.5. The summed E-state index contributed by atoms with van der Waals surface area (Å²) in [7, 11) is 0. The molecule has 0 aliphatic heterocycles. The molecule has 122 valence electrons. The highest BCUT2D eigenvalue weighted by Crippen LogP contribution is 2.32. The van der Waals surface area contributed by atoms with Gasteiger partial charge in [-0.05, 0) is 24.8 Å². The number of hydrogen-bond donors (Lipinski definition) is 4. The van der Waals surface area contributed by atoms with Crippen molar-refractivity contribution in [3.8, 4) is 5.75 Å². The third-order valence-electron chi connectivity index (χ3n) is 3.29. The van der Waals surface area contributed by atoms with Crippen molar-refractivity contribution in [3.63, 3.8) is 0 Å². The van der Waals surface area contributed by atoms with Crippen LogP contribution in [0.3, 0.4) is 0 Å². The van der Waals surface area contributed by atoms with Crippen LogP contribution in [0.4, 0.5) is 0 Å². The molecule has 0 heterocycles. The summed E-state index contributed by atoms with van der Waals surface area (Å²) < 4.78 is 5.42. The number of ether oxygens (including phenoxy) is 1. The average molecular weight is 309 g/mol. The number of rotatable bonds is 9. The molecule has 0 saturated heterocycles. The number of aliphatic hydroxyl groups is 2. The minimum atomic E-state index is -0.699. The number of allylic oxidation sites excluding steroid dienone is 1. The zero-order chi connectivity index (χ0) is 16.4. The number of carbonyl (C=O) groups excluding carboxylic acids is 1. The Morgan fingerprint density at radius 2 is 2.14 bits per heavy atom. The van der Waals surface area contributed by atoms with Crippen LogP contribution in [0.25, 0.3) is 0 Å². The van der Waals surface area contributed by atoms with Crippen LogP contribution in [0, 0.1) is 5.92 Å². The van der Waals surface area contributed by atoms with Gasteiger partial charge in [0.05, 0.1) is 12.7 Å². The molecular formula is C16H23NO5. The fourth-order valence-corrected chi connectivity index (χ4v) is 2.06. The molecule has 0 spiro atoms. The van der Waals surface area contributed by atoms with Gasteiger partial charge in [0.2, 0.25) is 0 Å². The minimum Gasteiger partial charge on any atom is -0.491 e. The largest absolute Gasteiger partial charge is 0.491 e. The van der Waals surface area contributed by atoms with Crippen LogP contribution >= 0.6 is 0 Å². The first-order valence-electron chi connectivity index (χ1n) is 7.21. The van der Waals surface area contributed by atoms with Crippen LogP contribution < -0.4 is 10.2 Å². The van der Waals surface area contributed by atoms with E-state index in [0.29, 0.717) is 24.2 Å². The quantitative estimate of drug-likeness (QED) is 0.315. The maximum absolute atomic E-state index is 10.8. The van der Waals surface area contributed by atoms with E-state index in [9.17, 15) is 9.90 Å². The number of hydroxylamine groups is 1. The molecule has 0 saturated carbocycles. The zero-order valence-electron chi connectivity index (χ0n) is 12.6. The summed E-state index contributed by atoms with van der Waals surface area (Å²) in [4.78, 5) is 10.8. The molecule has 6 heteroatoms. The van der Waals surface area contributed by atoms with Crippen LogP contribution in [0.2, 0.25) is 0 Å². The lowest BCUT2D eigenvalue weighted by molar-refractivity contribution is -0.124. The Bertz CT molecular complexity index is 489. The van der Waals surface area contributed by atoms with E-state index in [1.807, 2.05) is 19.1 Å². The van der Waals surface area contributed by atoms with E-state index in [1.54, 1.807) is 18.2 Å². The maximum atomic E-state index is 10.8. The van der Waals surface area contributed by atoms with Gasteiger partial charge in [-0.25, -0.2) is 5.48 Å². The Hall–Kier alpha value is -1.89. The van der Waals surface area contributed by atoms with Gasteiger partial charge < -0.3 is 14.9 Å². The van der Waals surface area contributed by atoms with E-state index in [2.05, 4.69) is 0 Å². The smallest absolute Gasteiger partial charge is 0.267 e. The van der Waals surface area contributed by atoms with Gasteiger partial charge in [0.25, 0.3) is 5.91 Å². The van der Waals surface area contributed by atoms with Gasteiger partial charge in [0.15, 0.2) is 0 Å². The number of hydrogen-bond acceptors (Lipinski definition) is 5. The number of nitrogens with one attached hydrogen (secondary N) is 1. The monoisotopic (exact) mass is 309 g/mol. The molecule has 1 aromatic carbocycles. The third-order valence-corrected chi connectivity index (χ3v) is 3.29. The Morgan fingerprint density at radius 1 is 1.41 bits per heavy atom. The molecule has 0 bridgehead atoms. The number of carbonyl (C=O) groups is 1. The van der Waals surface area contributed by atoms with E-state index in [1.165, 1.54) is 11.6 Å². The molecule has 0 aromatic heterocycles. The lowest BCUT2D eigenvalue weighted by Gasteiger charge is -2.21. The van der Waals surface area contributed by atoms with Crippen LogP contribution in [0.15, 0.2) is 36.4 Å². The molecule has 0 unspecified atom stereocenters. The topological polar surface area (TPSA) is 99.0 Å². The minimum absolute atomic E-state index is 0.0410. The van der Waals surface area contributed by atoms with Gasteiger partial charge >= 0.3 is 0 Å². The summed E-state index contributed by atoms with van der Waals surface area (Å²) in [6, 6.07) is 7.18. The molecule has 1 aromatic rings. The van der Waals surface area contributed by atoms with E-state index in [0.717, 1.165) is 0 Å². The number of amides is 1. The molecule has 0 aliphatic carbocycles. The fraction of sp³-hybridized carbons (Fsp3) is 0.438. The van der Waals surface area contributed by atoms with E-state index in [4.69, 9.17) is 15.1 Å². The second-order valence-electron chi connectivity index (χ2n) is 4.99. The third kappa shape index (κ3) is 5.85. The summed E-state index contributed by atoms with van der Waals surface area (Å²) in [5.41, 5.74) is 2.20. The summed E-state index contributed by atoms with van der Waals surface area (Å²) in [5.74, 6) is -0.0530. The van der Waals surface area contributed by atoms with Crippen LogP contribution in [-0.4, -0.2) is 34.5 Å². The van der Waals surface area contributed by atoms with Crippen LogP contribution in [0.1, 0.15) is 31.4 Å². The summed E-state index contributed by atoms with van der Waals surface area (Å²) in [6.45, 7) is 2.00. The summed E-state index contributed by atoms with van der Waals surface area (Å²) in [6.07, 6.45) is 3.46. The zero-order valence-corrected chi connectivity index (χ0v) is 12.6. The SMILES string of the molecule is C[C@H](CC/C=C/C(=O)NO)[C@H](O)c1ccccc1OCCO. The van der Waals surface area contributed by atoms with Gasteiger partial charge in [-0.2, -0.15) is 0 Å². The highest BCUT2D eigenvalue weighted by molar-refractivity contribution is 5.86. The predicted octanol–water partition coefficient (Wildman–Crippen LogP) is 1.57. The molecule has 2 atom stereocenters. The summed E-state index contributed by atoms with van der Waals surface area (Å²) in [5, 5.41) is 27.6. The van der Waals surface area contributed by atoms with Crippen LogP contribution in [0.5, 0.6) is 5.75 Å². The molecule has 4 N–H and O–H groups in total. The molecule has 1 amide bonds. The molecule has 0 aliphatic rings. The lowest BCUT2D eigenvalue weighted by Crippen LogP contribution is -2.15. The second-order valence-corrected chi connectivity index (χ2v) is 4.99. The van der Waals surface area contributed by atoms with Gasteiger partial charge in [-0.3, -0.25) is 10.0 Å². The van der Waals surface area contributed by atoms with Gasteiger partial charge in [-0.1, -0.05) is 31.2 Å². The molecular weight excluding hydrogens is 286 g/mol. The second kappa shape index (κ2) is 9.94. The first kappa shape index (κ1) is 18.2. The van der Waals surface area contributed by atoms with Crippen LogP contribution in [-0.2, 0) is 4.79 Å². The van der Waals surface area contributed by atoms with Gasteiger partial charge in [0.1, 0.15) is 12.4 Å². The molecule has 6 nitrogen and oxygen atoms in total. The first-order valence-corrected chi connectivity index (χ1v) is 7.21. The molecule has 22 heavy (non-hydrogen) atoms. The lowest BCUT2D eigenvalue weighted by atomic mass is 9.92. The van der Waals surface area contributed by atoms with E-state index in [-0.39, 0.29) is 19.1 Å². The normalized spacial score (nSPS) is 13.8. The van der Waals surface area contributed by atoms with Crippen molar-refractivity contribution in [2.75, 3.05) is 13.2 Å². The van der Waals surface area contributed by atoms with Crippen molar-refractivity contribution in [2.24, 2.45) is 5.92 Å². The number of para-hydroxylation sites is 1. The number of benzene rings is 1. The average Bonchev–Trinajstić information content (AvgIpc) is 2.55. The Morgan fingerprint density at radius 3 is 2.82 bits per heavy atom. The van der Waals surface area contributed by atoms with Gasteiger partial charge in [-0.15, -0.1) is 0 Å². The standard InChI is InChI=1S/C16H23NO5/c1-12(6-2-5-9-15(19)17-21)16(20)13-7-3-4-8-14(13)22-11-10-18/h3-5,7-9,12,16,18,20-21H,2,6,10-11H2,1H3,(H,17,19)/b9-5+/t12-,16+/m1/s1. The fourth-order valence-electron chi connectivity index (χ4n) is 2.06. The first-order chi connectivity index (χ1) is 10.6. The summed E-state index contributed by atoms with van der Waals surface area (Å²) >= 11 is 0. The van der Waals surface area contributed by atoms with Crippen molar-refractivity contribution < 1.29 is 25.0 Å². The molecule has 0 radical (unpaired) electrons.